The highest BCUT2D eigenvalue weighted by molar-refractivity contribution is 6.06. The summed E-state index contributed by atoms with van der Waals surface area (Å²) in [6, 6.07) is 14.5. The van der Waals surface area contributed by atoms with Gasteiger partial charge in [-0.15, -0.1) is 0 Å². The van der Waals surface area contributed by atoms with E-state index < -0.39 is 0 Å². The van der Waals surface area contributed by atoms with Gasteiger partial charge in [-0.25, -0.2) is 0 Å². The van der Waals surface area contributed by atoms with Crippen molar-refractivity contribution in [3.8, 4) is 5.75 Å². The Labute approximate surface area is 187 Å². The Kier molecular flexibility index (Phi) is 6.28. The first-order valence-corrected chi connectivity index (χ1v) is 10.6. The van der Waals surface area contributed by atoms with Crippen LogP contribution in [0.15, 0.2) is 60.4 Å². The second kappa shape index (κ2) is 9.28. The average molecular weight is 434 g/mol. The summed E-state index contributed by atoms with van der Waals surface area (Å²) in [6.45, 7) is 4.80. The summed E-state index contributed by atoms with van der Waals surface area (Å²) in [5.41, 5.74) is 2.39. The number of morpholine rings is 1. The quantitative estimate of drug-likeness (QED) is 0.603. The van der Waals surface area contributed by atoms with E-state index in [-0.39, 0.29) is 29.7 Å². The van der Waals surface area contributed by atoms with Gasteiger partial charge in [0.2, 0.25) is 0 Å². The second-order valence-corrected chi connectivity index (χ2v) is 8.00. The van der Waals surface area contributed by atoms with Gasteiger partial charge in [0, 0.05) is 41.3 Å². The Morgan fingerprint density at radius 3 is 2.53 bits per heavy atom. The lowest BCUT2D eigenvalue weighted by molar-refractivity contribution is -0.139. The summed E-state index contributed by atoms with van der Waals surface area (Å²) in [5, 5.41) is 3.73. The second-order valence-electron chi connectivity index (χ2n) is 8.00. The van der Waals surface area contributed by atoms with Crippen LogP contribution in [-0.4, -0.2) is 54.1 Å². The third kappa shape index (κ3) is 4.68. The molecule has 1 aromatic heterocycles. The highest BCUT2D eigenvalue weighted by Crippen LogP contribution is 2.25. The molecule has 3 aromatic rings. The zero-order chi connectivity index (χ0) is 22.7. The van der Waals surface area contributed by atoms with Gasteiger partial charge in [0.1, 0.15) is 11.4 Å². The molecule has 0 spiro atoms. The zero-order valence-electron chi connectivity index (χ0n) is 18.4. The third-order valence-electron chi connectivity index (χ3n) is 5.44. The fourth-order valence-electron chi connectivity index (χ4n) is 3.97. The minimum absolute atomic E-state index is 0.0777. The van der Waals surface area contributed by atoms with Crippen molar-refractivity contribution >= 4 is 28.8 Å². The van der Waals surface area contributed by atoms with Crippen molar-refractivity contribution in [2.75, 3.05) is 20.2 Å². The molecule has 1 aliphatic rings. The topological polar surface area (TPSA) is 83.7 Å². The van der Waals surface area contributed by atoms with Gasteiger partial charge < -0.3 is 24.7 Å². The molecule has 1 aliphatic heterocycles. The smallest absolute Gasteiger partial charge is 0.270 e. The van der Waals surface area contributed by atoms with E-state index in [0.717, 1.165) is 16.5 Å². The number of nitrogens with zero attached hydrogens (tertiary/aromatic N) is 1. The maximum absolute atomic E-state index is 13.5. The zero-order valence-corrected chi connectivity index (χ0v) is 18.4. The molecule has 2 unspecified atom stereocenters. The third-order valence-corrected chi connectivity index (χ3v) is 5.44. The van der Waals surface area contributed by atoms with Crippen LogP contribution < -0.4 is 10.1 Å². The van der Waals surface area contributed by atoms with Crippen LogP contribution in [0, 0.1) is 0 Å². The first-order chi connectivity index (χ1) is 15.4. The standard InChI is InChI=1S/C25H27N3O4/c1-16-14-28(15-17(2)32-16)25(30)23(27-24(29)18-7-5-4-6-8-18)11-19-13-26-22-10-9-20(31-3)12-21(19)22/h4-13,16-17,26H,14-15H2,1-3H3,(H,27,29)/b23-11-. The summed E-state index contributed by atoms with van der Waals surface area (Å²) in [7, 11) is 1.61. The van der Waals surface area contributed by atoms with Gasteiger partial charge in [-0.05, 0) is 50.3 Å². The predicted octanol–water partition coefficient (Wildman–Crippen LogP) is 3.58. The van der Waals surface area contributed by atoms with E-state index in [4.69, 9.17) is 9.47 Å². The van der Waals surface area contributed by atoms with Gasteiger partial charge in [0.05, 0.1) is 19.3 Å². The number of carbonyl (C=O) groups is 2. The molecule has 1 saturated heterocycles. The van der Waals surface area contributed by atoms with Gasteiger partial charge in [0.15, 0.2) is 0 Å². The molecule has 0 bridgehead atoms. The molecule has 0 radical (unpaired) electrons. The number of aromatic amines is 1. The Morgan fingerprint density at radius 1 is 1.12 bits per heavy atom. The summed E-state index contributed by atoms with van der Waals surface area (Å²) in [5.74, 6) is 0.134. The molecule has 2 amide bonds. The van der Waals surface area contributed by atoms with Crippen LogP contribution in [0.4, 0.5) is 0 Å². The number of nitrogens with one attached hydrogen (secondary N) is 2. The minimum Gasteiger partial charge on any atom is -0.497 e. The van der Waals surface area contributed by atoms with Crippen molar-refractivity contribution in [1.29, 1.82) is 0 Å². The SMILES string of the molecule is COc1ccc2[nH]cc(/C=C(\NC(=O)c3ccccc3)C(=O)N3CC(C)OC(C)C3)c2c1. The number of fused-ring (bicyclic) bond motifs is 1. The van der Waals surface area contributed by atoms with Gasteiger partial charge in [0.25, 0.3) is 11.8 Å². The molecule has 2 heterocycles. The number of hydrogen-bond donors (Lipinski definition) is 2. The van der Waals surface area contributed by atoms with E-state index in [1.807, 2.05) is 44.3 Å². The van der Waals surface area contributed by atoms with Crippen LogP contribution in [0.2, 0.25) is 0 Å². The lowest BCUT2D eigenvalue weighted by Gasteiger charge is -2.35. The largest absolute Gasteiger partial charge is 0.497 e. The molecular formula is C25H27N3O4. The Bertz CT molecular complexity index is 1140. The van der Waals surface area contributed by atoms with Crippen LogP contribution in [0.3, 0.4) is 0 Å². The minimum atomic E-state index is -0.336. The van der Waals surface area contributed by atoms with E-state index >= 15 is 0 Å². The number of benzene rings is 2. The lowest BCUT2D eigenvalue weighted by atomic mass is 10.1. The van der Waals surface area contributed by atoms with Crippen LogP contribution in [0.25, 0.3) is 17.0 Å². The predicted molar refractivity (Wildman–Crippen MR) is 123 cm³/mol. The van der Waals surface area contributed by atoms with Gasteiger partial charge in [-0.1, -0.05) is 18.2 Å². The lowest BCUT2D eigenvalue weighted by Crippen LogP contribution is -2.50. The summed E-state index contributed by atoms with van der Waals surface area (Å²) >= 11 is 0. The van der Waals surface area contributed by atoms with E-state index in [1.54, 1.807) is 42.4 Å². The Hall–Kier alpha value is -3.58. The normalized spacial score (nSPS) is 19.1. The number of H-pyrrole nitrogens is 1. The monoisotopic (exact) mass is 433 g/mol. The molecule has 4 rings (SSSR count). The maximum atomic E-state index is 13.5. The van der Waals surface area contributed by atoms with E-state index in [2.05, 4.69) is 10.3 Å². The fourth-order valence-corrected chi connectivity index (χ4v) is 3.97. The maximum Gasteiger partial charge on any atom is 0.270 e. The molecule has 7 nitrogen and oxygen atoms in total. The highest BCUT2D eigenvalue weighted by atomic mass is 16.5. The van der Waals surface area contributed by atoms with Gasteiger partial charge in [-0.2, -0.15) is 0 Å². The van der Waals surface area contributed by atoms with Crippen molar-refractivity contribution in [3.63, 3.8) is 0 Å². The molecule has 2 atom stereocenters. The number of amides is 2. The van der Waals surface area contributed by atoms with Crippen LogP contribution >= 0.6 is 0 Å². The van der Waals surface area contributed by atoms with Gasteiger partial charge in [-0.3, -0.25) is 9.59 Å². The molecule has 1 fully saturated rings. The first kappa shape index (κ1) is 21.6. The van der Waals surface area contributed by atoms with Crippen LogP contribution in [0.5, 0.6) is 5.75 Å². The number of methoxy groups -OCH3 is 1. The molecule has 2 N–H and O–H groups in total. The van der Waals surface area contributed by atoms with Crippen molar-refractivity contribution in [2.24, 2.45) is 0 Å². The van der Waals surface area contributed by atoms with Crippen molar-refractivity contribution in [3.05, 3.63) is 71.6 Å². The number of ether oxygens (including phenoxy) is 2. The Balaban J connectivity index is 1.71. The Morgan fingerprint density at radius 2 is 1.84 bits per heavy atom. The van der Waals surface area contributed by atoms with Crippen LogP contribution in [0.1, 0.15) is 29.8 Å². The summed E-state index contributed by atoms with van der Waals surface area (Å²) in [6.07, 6.45) is 3.38. The first-order valence-electron chi connectivity index (χ1n) is 10.6. The van der Waals surface area contributed by atoms with Gasteiger partial charge >= 0.3 is 0 Å². The molecule has 32 heavy (non-hydrogen) atoms. The summed E-state index contributed by atoms with van der Waals surface area (Å²) < 4.78 is 11.1. The highest BCUT2D eigenvalue weighted by Gasteiger charge is 2.29. The van der Waals surface area contributed by atoms with Crippen molar-refractivity contribution in [2.45, 2.75) is 26.1 Å². The molecule has 0 aliphatic carbocycles. The number of aromatic nitrogens is 1. The van der Waals surface area contributed by atoms with E-state index in [9.17, 15) is 9.59 Å². The molecular weight excluding hydrogens is 406 g/mol. The van der Waals surface area contributed by atoms with E-state index in [0.29, 0.717) is 24.4 Å². The van der Waals surface area contributed by atoms with E-state index in [1.165, 1.54) is 0 Å². The fraction of sp³-hybridized carbons (Fsp3) is 0.280. The number of rotatable bonds is 5. The molecule has 0 saturated carbocycles. The average Bonchev–Trinajstić information content (AvgIpc) is 3.19. The molecule has 2 aromatic carbocycles. The molecule has 7 heteroatoms. The number of hydrogen-bond acceptors (Lipinski definition) is 4. The van der Waals surface area contributed by atoms with Crippen molar-refractivity contribution in [1.82, 2.24) is 15.2 Å². The summed E-state index contributed by atoms with van der Waals surface area (Å²) in [4.78, 5) is 31.3. The molecule has 166 valence electrons. The number of carbonyl (C=O) groups excluding carboxylic acids is 2. The van der Waals surface area contributed by atoms with Crippen LogP contribution in [-0.2, 0) is 9.53 Å². The van der Waals surface area contributed by atoms with Crippen molar-refractivity contribution < 1.29 is 19.1 Å².